The lowest BCUT2D eigenvalue weighted by atomic mass is 10.0. The Bertz CT molecular complexity index is 264. The van der Waals surface area contributed by atoms with Crippen LogP contribution < -0.4 is 5.32 Å². The van der Waals surface area contributed by atoms with E-state index in [0.29, 0.717) is 18.9 Å². The summed E-state index contributed by atoms with van der Waals surface area (Å²) in [6.45, 7) is 7.13. The van der Waals surface area contributed by atoms with Crippen molar-refractivity contribution in [2.24, 2.45) is 5.92 Å². The van der Waals surface area contributed by atoms with Gasteiger partial charge in [-0.1, -0.05) is 13.8 Å². The Hall–Kier alpha value is -1.06. The van der Waals surface area contributed by atoms with Crippen LogP contribution in [0.2, 0.25) is 0 Å². The van der Waals surface area contributed by atoms with Crippen LogP contribution in [-0.4, -0.2) is 35.8 Å². The largest absolute Gasteiger partial charge is 0.352 e. The Kier molecular flexibility index (Phi) is 4.77. The second-order valence-electron chi connectivity index (χ2n) is 4.98. The van der Waals surface area contributed by atoms with E-state index in [1.807, 2.05) is 18.7 Å². The van der Waals surface area contributed by atoms with Gasteiger partial charge in [0.25, 0.3) is 0 Å². The first kappa shape index (κ1) is 13.0. The van der Waals surface area contributed by atoms with E-state index in [2.05, 4.69) is 5.32 Å². The third kappa shape index (κ3) is 4.21. The van der Waals surface area contributed by atoms with E-state index in [0.717, 1.165) is 19.4 Å². The minimum absolute atomic E-state index is 0.0110. The van der Waals surface area contributed by atoms with Gasteiger partial charge in [0.15, 0.2) is 0 Å². The van der Waals surface area contributed by atoms with E-state index in [9.17, 15) is 9.59 Å². The zero-order valence-corrected chi connectivity index (χ0v) is 10.5. The fourth-order valence-electron chi connectivity index (χ4n) is 2.09. The SMILES string of the molecule is CC(=O)NC1CCCN(C(=O)CC(C)C)C1. The molecule has 1 N–H and O–H groups in total. The molecular formula is C12H22N2O2. The molecule has 1 atom stereocenters. The summed E-state index contributed by atoms with van der Waals surface area (Å²) in [5, 5.41) is 2.89. The summed E-state index contributed by atoms with van der Waals surface area (Å²) in [7, 11) is 0. The van der Waals surface area contributed by atoms with Gasteiger partial charge in [0.05, 0.1) is 0 Å². The lowest BCUT2D eigenvalue weighted by Gasteiger charge is -2.33. The van der Waals surface area contributed by atoms with Gasteiger partial charge in [-0.25, -0.2) is 0 Å². The number of hydrogen-bond donors (Lipinski definition) is 1. The van der Waals surface area contributed by atoms with Crippen molar-refractivity contribution in [2.45, 2.75) is 46.1 Å². The molecule has 2 amide bonds. The van der Waals surface area contributed by atoms with Gasteiger partial charge in [-0.3, -0.25) is 9.59 Å². The van der Waals surface area contributed by atoms with Gasteiger partial charge in [0, 0.05) is 32.5 Å². The molecule has 1 heterocycles. The summed E-state index contributed by atoms with van der Waals surface area (Å²) in [6.07, 6.45) is 2.56. The van der Waals surface area contributed by atoms with Gasteiger partial charge in [0.2, 0.25) is 11.8 Å². The summed E-state index contributed by atoms with van der Waals surface area (Å²) in [5.41, 5.74) is 0. The van der Waals surface area contributed by atoms with Crippen LogP contribution in [0.15, 0.2) is 0 Å². The molecule has 0 aromatic carbocycles. The van der Waals surface area contributed by atoms with Crippen molar-refractivity contribution in [3.8, 4) is 0 Å². The molecule has 1 aliphatic heterocycles. The zero-order chi connectivity index (χ0) is 12.1. The summed E-state index contributed by atoms with van der Waals surface area (Å²) >= 11 is 0. The third-order valence-corrected chi connectivity index (χ3v) is 2.76. The van der Waals surface area contributed by atoms with Crippen molar-refractivity contribution in [2.75, 3.05) is 13.1 Å². The van der Waals surface area contributed by atoms with Crippen LogP contribution in [0.4, 0.5) is 0 Å². The van der Waals surface area contributed by atoms with E-state index in [1.165, 1.54) is 6.92 Å². The van der Waals surface area contributed by atoms with Gasteiger partial charge in [0.1, 0.15) is 0 Å². The zero-order valence-electron chi connectivity index (χ0n) is 10.5. The first-order chi connectivity index (χ1) is 7.49. The second-order valence-corrected chi connectivity index (χ2v) is 4.98. The average Bonchev–Trinajstić information content (AvgIpc) is 2.16. The third-order valence-electron chi connectivity index (χ3n) is 2.76. The molecule has 4 heteroatoms. The van der Waals surface area contributed by atoms with Crippen molar-refractivity contribution < 1.29 is 9.59 Å². The first-order valence-electron chi connectivity index (χ1n) is 6.04. The molecule has 1 rings (SSSR count). The Morgan fingerprint density at radius 3 is 2.69 bits per heavy atom. The van der Waals surface area contributed by atoms with E-state index in [-0.39, 0.29) is 17.9 Å². The Morgan fingerprint density at radius 1 is 1.44 bits per heavy atom. The molecule has 0 spiro atoms. The highest BCUT2D eigenvalue weighted by Gasteiger charge is 2.24. The number of rotatable bonds is 3. The van der Waals surface area contributed by atoms with Gasteiger partial charge in [-0.15, -0.1) is 0 Å². The molecule has 1 unspecified atom stereocenters. The van der Waals surface area contributed by atoms with Gasteiger partial charge in [-0.2, -0.15) is 0 Å². The first-order valence-corrected chi connectivity index (χ1v) is 6.04. The van der Waals surface area contributed by atoms with Gasteiger partial charge >= 0.3 is 0 Å². The molecule has 92 valence electrons. The molecule has 0 aromatic heterocycles. The molecule has 1 saturated heterocycles. The fourth-order valence-corrected chi connectivity index (χ4v) is 2.09. The molecule has 0 aromatic rings. The maximum atomic E-state index is 11.9. The lowest BCUT2D eigenvalue weighted by molar-refractivity contribution is -0.134. The van der Waals surface area contributed by atoms with Crippen LogP contribution in [0, 0.1) is 5.92 Å². The highest BCUT2D eigenvalue weighted by atomic mass is 16.2. The summed E-state index contributed by atoms with van der Waals surface area (Å²) < 4.78 is 0. The number of amides is 2. The molecule has 0 aliphatic carbocycles. The normalized spacial score (nSPS) is 21.0. The van der Waals surface area contributed by atoms with Crippen LogP contribution >= 0.6 is 0 Å². The minimum atomic E-state index is -0.0110. The predicted molar refractivity (Wildman–Crippen MR) is 62.9 cm³/mol. The molecule has 1 fully saturated rings. The highest BCUT2D eigenvalue weighted by molar-refractivity contribution is 5.77. The molecule has 0 radical (unpaired) electrons. The van der Waals surface area contributed by atoms with Crippen molar-refractivity contribution >= 4 is 11.8 Å². The summed E-state index contributed by atoms with van der Waals surface area (Å²) in [4.78, 5) is 24.7. The standard InChI is InChI=1S/C12H22N2O2/c1-9(2)7-12(16)14-6-4-5-11(8-14)13-10(3)15/h9,11H,4-8H2,1-3H3,(H,13,15). The molecule has 0 bridgehead atoms. The van der Waals surface area contributed by atoms with Crippen LogP contribution in [0.3, 0.4) is 0 Å². The van der Waals surface area contributed by atoms with Crippen molar-refractivity contribution in [3.63, 3.8) is 0 Å². The number of carbonyl (C=O) groups excluding carboxylic acids is 2. The molecular weight excluding hydrogens is 204 g/mol. The van der Waals surface area contributed by atoms with Crippen molar-refractivity contribution in [1.82, 2.24) is 10.2 Å². The topological polar surface area (TPSA) is 49.4 Å². The molecule has 16 heavy (non-hydrogen) atoms. The number of likely N-dealkylation sites (tertiary alicyclic amines) is 1. The van der Waals surface area contributed by atoms with Crippen LogP contribution in [0.25, 0.3) is 0 Å². The second kappa shape index (κ2) is 5.87. The molecule has 4 nitrogen and oxygen atoms in total. The molecule has 1 aliphatic rings. The monoisotopic (exact) mass is 226 g/mol. The number of nitrogens with one attached hydrogen (secondary N) is 1. The maximum absolute atomic E-state index is 11.9. The number of carbonyl (C=O) groups is 2. The Balaban J connectivity index is 2.43. The molecule has 0 saturated carbocycles. The smallest absolute Gasteiger partial charge is 0.222 e. The van der Waals surface area contributed by atoms with Crippen molar-refractivity contribution in [3.05, 3.63) is 0 Å². The van der Waals surface area contributed by atoms with E-state index in [4.69, 9.17) is 0 Å². The Morgan fingerprint density at radius 2 is 2.12 bits per heavy atom. The van der Waals surface area contributed by atoms with Gasteiger partial charge in [-0.05, 0) is 18.8 Å². The quantitative estimate of drug-likeness (QED) is 0.785. The van der Waals surface area contributed by atoms with Crippen molar-refractivity contribution in [1.29, 1.82) is 0 Å². The van der Waals surface area contributed by atoms with Crippen LogP contribution in [0.1, 0.15) is 40.0 Å². The highest BCUT2D eigenvalue weighted by Crippen LogP contribution is 2.13. The number of nitrogens with zero attached hydrogens (tertiary/aromatic N) is 1. The van der Waals surface area contributed by atoms with E-state index < -0.39 is 0 Å². The lowest BCUT2D eigenvalue weighted by Crippen LogP contribution is -2.49. The average molecular weight is 226 g/mol. The van der Waals surface area contributed by atoms with Gasteiger partial charge < -0.3 is 10.2 Å². The number of piperidine rings is 1. The number of hydrogen-bond acceptors (Lipinski definition) is 2. The van der Waals surface area contributed by atoms with Crippen LogP contribution in [0.5, 0.6) is 0 Å². The van der Waals surface area contributed by atoms with Crippen LogP contribution in [-0.2, 0) is 9.59 Å². The van der Waals surface area contributed by atoms with E-state index in [1.54, 1.807) is 0 Å². The van der Waals surface area contributed by atoms with E-state index >= 15 is 0 Å². The maximum Gasteiger partial charge on any atom is 0.222 e. The Labute approximate surface area is 97.4 Å². The summed E-state index contributed by atoms with van der Waals surface area (Å²) in [6, 6.07) is 0.141. The summed E-state index contributed by atoms with van der Waals surface area (Å²) in [5.74, 6) is 0.599. The fraction of sp³-hybridized carbons (Fsp3) is 0.833. The minimum Gasteiger partial charge on any atom is -0.352 e. The predicted octanol–water partition coefficient (Wildman–Crippen LogP) is 1.16.